The van der Waals surface area contributed by atoms with Gasteiger partial charge in [0.1, 0.15) is 17.9 Å². The van der Waals surface area contributed by atoms with Gasteiger partial charge in [-0.2, -0.15) is 0 Å². The average Bonchev–Trinajstić information content (AvgIpc) is 2.59. The van der Waals surface area contributed by atoms with Crippen molar-refractivity contribution < 1.29 is 24.2 Å². The van der Waals surface area contributed by atoms with Crippen molar-refractivity contribution in [3.63, 3.8) is 0 Å². The number of methoxy groups -OCH3 is 1. The van der Waals surface area contributed by atoms with Crippen LogP contribution >= 0.6 is 0 Å². The Hall–Kier alpha value is -2.83. The molecule has 1 atom stereocenters. The van der Waals surface area contributed by atoms with Crippen molar-refractivity contribution >= 4 is 36.4 Å². The molecule has 2 rings (SSSR count). The van der Waals surface area contributed by atoms with Crippen LogP contribution in [0.4, 0.5) is 0 Å². The second-order valence-corrected chi connectivity index (χ2v) is 7.34. The van der Waals surface area contributed by atoms with E-state index >= 15 is 0 Å². The third kappa shape index (κ3) is 4.71. The largest absolute Gasteiger partial charge is 0.604 e. The molecule has 28 heavy (non-hydrogen) atoms. The number of hydrogen-bond acceptors (Lipinski definition) is 6. The Labute approximate surface area is 166 Å². The maximum atomic E-state index is 12.6. The summed E-state index contributed by atoms with van der Waals surface area (Å²) in [6.07, 6.45) is -0.772. The van der Waals surface area contributed by atoms with Crippen LogP contribution in [0.5, 0.6) is 5.75 Å². The van der Waals surface area contributed by atoms with Crippen LogP contribution in [0.15, 0.2) is 35.3 Å². The molecule has 7 heteroatoms. The van der Waals surface area contributed by atoms with E-state index in [1.807, 2.05) is 51.1 Å². The molecule has 0 fully saturated rings. The molecule has 0 aliphatic heterocycles. The van der Waals surface area contributed by atoms with E-state index in [0.717, 1.165) is 16.3 Å². The van der Waals surface area contributed by atoms with E-state index in [-0.39, 0.29) is 6.42 Å². The Morgan fingerprint density at radius 2 is 1.93 bits per heavy atom. The summed E-state index contributed by atoms with van der Waals surface area (Å²) in [5.74, 6) is -0.351. The van der Waals surface area contributed by atoms with Crippen molar-refractivity contribution in [2.75, 3.05) is 7.11 Å². The molecule has 0 bridgehead atoms. The van der Waals surface area contributed by atoms with E-state index in [4.69, 9.17) is 12.6 Å². The van der Waals surface area contributed by atoms with Gasteiger partial charge in [-0.05, 0) is 37.3 Å². The molecule has 0 aliphatic carbocycles. The molecule has 2 aromatic carbocycles. The highest BCUT2D eigenvalue weighted by molar-refractivity contribution is 6.57. The minimum absolute atomic E-state index is 0.0822. The summed E-state index contributed by atoms with van der Waals surface area (Å²) in [6, 6.07) is 8.40. The van der Waals surface area contributed by atoms with Crippen LogP contribution in [0.2, 0.25) is 0 Å². The minimum atomic E-state index is -1.04. The molecule has 146 valence electrons. The zero-order valence-electron chi connectivity index (χ0n) is 16.7. The number of carbonyl (C=O) groups excluding carboxylic acids is 2. The molecule has 2 radical (unpaired) electrons. The van der Waals surface area contributed by atoms with Gasteiger partial charge in [-0.3, -0.25) is 4.99 Å². The van der Waals surface area contributed by atoms with Gasteiger partial charge in [-0.15, -0.1) is 0 Å². The fourth-order valence-electron chi connectivity index (χ4n) is 3.37. The van der Waals surface area contributed by atoms with Gasteiger partial charge in [-0.1, -0.05) is 44.2 Å². The van der Waals surface area contributed by atoms with Gasteiger partial charge in [0.05, 0.1) is 5.68 Å². The summed E-state index contributed by atoms with van der Waals surface area (Å²) in [4.78, 5) is 27.8. The van der Waals surface area contributed by atoms with E-state index in [1.54, 1.807) is 0 Å². The molecule has 0 heterocycles. The first-order chi connectivity index (χ1) is 13.1. The number of aliphatic imine (C=N–C) groups is 1. The second-order valence-electron chi connectivity index (χ2n) is 7.34. The van der Waals surface area contributed by atoms with Crippen molar-refractivity contribution in [2.45, 2.75) is 45.6 Å². The van der Waals surface area contributed by atoms with E-state index in [0.29, 0.717) is 11.3 Å². The SMILES string of the molecule is [B]C(=O)CC(C)(C)c1c(C)cc2ccccc2c1OC(=O)C(C)N=C([O-])OC. The van der Waals surface area contributed by atoms with Gasteiger partial charge in [0, 0.05) is 17.4 Å². The molecule has 0 amide bonds. The zero-order chi connectivity index (χ0) is 21.1. The quantitative estimate of drug-likeness (QED) is 0.252. The molecule has 0 spiro atoms. The van der Waals surface area contributed by atoms with Crippen molar-refractivity contribution in [3.05, 3.63) is 41.5 Å². The van der Waals surface area contributed by atoms with E-state index in [9.17, 15) is 14.7 Å². The number of ether oxygens (including phenoxy) is 2. The van der Waals surface area contributed by atoms with Crippen molar-refractivity contribution in [2.24, 2.45) is 4.99 Å². The molecular weight excluding hydrogens is 357 g/mol. The van der Waals surface area contributed by atoms with Gasteiger partial charge in [0.25, 0.3) is 0 Å². The summed E-state index contributed by atoms with van der Waals surface area (Å²) in [5.41, 5.74) is 0.455. The van der Waals surface area contributed by atoms with Crippen LogP contribution in [0.1, 0.15) is 38.3 Å². The molecular formula is C21H23BNO5-. The van der Waals surface area contributed by atoms with Gasteiger partial charge in [0.2, 0.25) is 0 Å². The zero-order valence-corrected chi connectivity index (χ0v) is 16.7. The smallest absolute Gasteiger partial charge is 0.336 e. The molecule has 2 aromatic rings. The summed E-state index contributed by atoms with van der Waals surface area (Å²) < 4.78 is 10.2. The summed E-state index contributed by atoms with van der Waals surface area (Å²) >= 11 is 0. The predicted octanol–water partition coefficient (Wildman–Crippen LogP) is 2.17. The lowest BCUT2D eigenvalue weighted by molar-refractivity contribution is -0.248. The Bertz CT molecular complexity index is 936. The normalized spacial score (nSPS) is 13.2. The number of carbonyl (C=O) groups is 2. The maximum Gasteiger partial charge on any atom is 0.336 e. The van der Waals surface area contributed by atoms with E-state index in [2.05, 4.69) is 9.73 Å². The van der Waals surface area contributed by atoms with Crippen LogP contribution in [0.25, 0.3) is 10.8 Å². The fraction of sp³-hybridized carbons (Fsp3) is 0.381. The number of esters is 1. The van der Waals surface area contributed by atoms with E-state index < -0.39 is 29.2 Å². The Morgan fingerprint density at radius 3 is 2.54 bits per heavy atom. The highest BCUT2D eigenvalue weighted by Crippen LogP contribution is 2.42. The number of benzene rings is 2. The van der Waals surface area contributed by atoms with Crippen LogP contribution < -0.4 is 9.84 Å². The molecule has 0 aromatic heterocycles. The third-order valence-corrected chi connectivity index (χ3v) is 4.51. The average molecular weight is 380 g/mol. The lowest BCUT2D eigenvalue weighted by Crippen LogP contribution is -2.29. The highest BCUT2D eigenvalue weighted by atomic mass is 16.6. The first-order valence-electron chi connectivity index (χ1n) is 8.88. The summed E-state index contributed by atoms with van der Waals surface area (Å²) in [7, 11) is 6.62. The number of nitrogens with zero attached hydrogens (tertiary/aromatic N) is 1. The molecule has 1 unspecified atom stereocenters. The van der Waals surface area contributed by atoms with Gasteiger partial charge < -0.3 is 19.4 Å². The Morgan fingerprint density at radius 1 is 1.29 bits per heavy atom. The number of fused-ring (bicyclic) bond motifs is 1. The standard InChI is InChI=1S/C21H24BNO5/c1-12-10-14-8-6-7-9-15(14)18(17(12)21(3,4)11-16(22)24)28-19(25)13(2)23-20(26)27-5/h6-10,13H,11H2,1-5H3,(H,23,26)/p-1. The van der Waals surface area contributed by atoms with Gasteiger partial charge in [0.15, 0.2) is 7.85 Å². The lowest BCUT2D eigenvalue weighted by atomic mass is 9.74. The van der Waals surface area contributed by atoms with Crippen molar-refractivity contribution in [1.82, 2.24) is 0 Å². The maximum absolute atomic E-state index is 12.6. The van der Waals surface area contributed by atoms with Gasteiger partial charge in [-0.25, -0.2) is 4.79 Å². The molecule has 0 aliphatic rings. The van der Waals surface area contributed by atoms with Crippen LogP contribution in [0, 0.1) is 6.92 Å². The lowest BCUT2D eigenvalue weighted by Gasteiger charge is -2.29. The minimum Gasteiger partial charge on any atom is -0.604 e. The second kappa shape index (κ2) is 8.46. The molecule has 0 saturated heterocycles. The molecule has 6 nitrogen and oxygen atoms in total. The van der Waals surface area contributed by atoms with Crippen molar-refractivity contribution in [3.8, 4) is 5.75 Å². The van der Waals surface area contributed by atoms with Crippen LogP contribution in [0.3, 0.4) is 0 Å². The third-order valence-electron chi connectivity index (χ3n) is 4.51. The molecule has 0 saturated carbocycles. The number of hydrogen-bond donors (Lipinski definition) is 0. The topological polar surface area (TPSA) is 88.0 Å². The first kappa shape index (κ1) is 21.5. The summed E-state index contributed by atoms with van der Waals surface area (Å²) in [5, 5.41) is 13.0. The van der Waals surface area contributed by atoms with Crippen LogP contribution in [-0.4, -0.2) is 38.7 Å². The van der Waals surface area contributed by atoms with Gasteiger partial charge >= 0.3 is 5.97 Å². The summed E-state index contributed by atoms with van der Waals surface area (Å²) in [6.45, 7) is 7.08. The Balaban J connectivity index is 2.63. The van der Waals surface area contributed by atoms with Crippen molar-refractivity contribution in [1.29, 1.82) is 0 Å². The predicted molar refractivity (Wildman–Crippen MR) is 107 cm³/mol. The fourth-order valence-corrected chi connectivity index (χ4v) is 3.37. The first-order valence-corrected chi connectivity index (χ1v) is 8.88. The molecule has 0 N–H and O–H groups in total. The van der Waals surface area contributed by atoms with Crippen LogP contribution in [-0.2, 0) is 19.7 Å². The van der Waals surface area contributed by atoms with E-state index in [1.165, 1.54) is 14.0 Å². The Kier molecular flexibility index (Phi) is 6.49. The monoisotopic (exact) mass is 380 g/mol. The number of rotatable bonds is 6. The number of aryl methyl sites for hydroxylation is 1. The highest BCUT2D eigenvalue weighted by Gasteiger charge is 2.31.